The fourth-order valence-corrected chi connectivity index (χ4v) is 1.75. The molecule has 0 fully saturated rings. The molecule has 1 N–H and O–H groups in total. The van der Waals surface area contributed by atoms with Crippen LogP contribution in [0.1, 0.15) is 16.5 Å². The molecule has 2 rings (SSSR count). The average Bonchev–Trinajstić information content (AvgIpc) is 2.77. The Morgan fingerprint density at radius 2 is 2.43 bits per heavy atom. The third-order valence-electron chi connectivity index (χ3n) is 1.76. The van der Waals surface area contributed by atoms with E-state index in [0.29, 0.717) is 6.54 Å². The monoisotopic (exact) mass is 209 g/mol. The van der Waals surface area contributed by atoms with Crippen LogP contribution in [0.3, 0.4) is 0 Å². The normalized spacial score (nSPS) is 10.6. The Morgan fingerprint density at radius 1 is 1.50 bits per heavy atom. The van der Waals surface area contributed by atoms with Gasteiger partial charge in [0.15, 0.2) is 6.39 Å². The van der Waals surface area contributed by atoms with E-state index in [2.05, 4.69) is 20.7 Å². The zero-order chi connectivity index (χ0) is 9.80. The number of hydrogen-bond donors (Lipinski definition) is 1. The van der Waals surface area contributed by atoms with E-state index in [4.69, 9.17) is 4.42 Å². The third kappa shape index (κ3) is 2.40. The van der Waals surface area contributed by atoms with E-state index in [-0.39, 0.29) is 0 Å². The third-order valence-corrected chi connectivity index (χ3v) is 2.58. The highest BCUT2D eigenvalue weighted by Crippen LogP contribution is 2.07. The zero-order valence-corrected chi connectivity index (χ0v) is 8.67. The smallest absolute Gasteiger partial charge is 0.180 e. The number of oxazole rings is 1. The molecular formula is C9H11N3OS. The van der Waals surface area contributed by atoms with Crippen molar-refractivity contribution in [3.8, 4) is 0 Å². The molecule has 0 amide bonds. The van der Waals surface area contributed by atoms with Crippen LogP contribution in [0.25, 0.3) is 0 Å². The second-order valence-electron chi connectivity index (χ2n) is 2.93. The molecule has 0 aliphatic rings. The summed E-state index contributed by atoms with van der Waals surface area (Å²) < 4.78 is 5.09. The van der Waals surface area contributed by atoms with Gasteiger partial charge in [-0.15, -0.1) is 11.3 Å². The molecule has 0 aliphatic heterocycles. The molecule has 5 heteroatoms. The topological polar surface area (TPSA) is 51.0 Å². The SMILES string of the molecule is Cc1nc(CNCc2cnco2)cs1. The van der Waals surface area contributed by atoms with Crippen LogP contribution in [0.4, 0.5) is 0 Å². The van der Waals surface area contributed by atoms with Gasteiger partial charge in [-0.25, -0.2) is 9.97 Å². The molecule has 0 unspecified atom stereocenters. The quantitative estimate of drug-likeness (QED) is 0.833. The van der Waals surface area contributed by atoms with E-state index in [1.54, 1.807) is 17.5 Å². The van der Waals surface area contributed by atoms with Crippen molar-refractivity contribution in [1.82, 2.24) is 15.3 Å². The van der Waals surface area contributed by atoms with Gasteiger partial charge in [-0.1, -0.05) is 0 Å². The minimum absolute atomic E-state index is 0.691. The largest absolute Gasteiger partial charge is 0.447 e. The first-order chi connectivity index (χ1) is 6.84. The highest BCUT2D eigenvalue weighted by atomic mass is 32.1. The Morgan fingerprint density at radius 3 is 3.07 bits per heavy atom. The Balaban J connectivity index is 1.78. The van der Waals surface area contributed by atoms with Gasteiger partial charge in [0.05, 0.1) is 23.4 Å². The van der Waals surface area contributed by atoms with E-state index in [1.165, 1.54) is 6.39 Å². The molecule has 4 nitrogen and oxygen atoms in total. The fraction of sp³-hybridized carbons (Fsp3) is 0.333. The lowest BCUT2D eigenvalue weighted by Gasteiger charge is -1.98. The molecule has 0 saturated carbocycles. The Labute approximate surface area is 86.0 Å². The van der Waals surface area contributed by atoms with Crippen LogP contribution in [-0.2, 0) is 13.1 Å². The van der Waals surface area contributed by atoms with E-state index < -0.39 is 0 Å². The van der Waals surface area contributed by atoms with Gasteiger partial charge in [0.25, 0.3) is 0 Å². The van der Waals surface area contributed by atoms with Gasteiger partial charge < -0.3 is 9.73 Å². The molecule has 0 atom stereocenters. The van der Waals surface area contributed by atoms with Crippen molar-refractivity contribution < 1.29 is 4.42 Å². The van der Waals surface area contributed by atoms with Gasteiger partial charge in [-0.3, -0.25) is 0 Å². The van der Waals surface area contributed by atoms with E-state index >= 15 is 0 Å². The van der Waals surface area contributed by atoms with Crippen molar-refractivity contribution in [2.45, 2.75) is 20.0 Å². The first-order valence-electron chi connectivity index (χ1n) is 4.33. The summed E-state index contributed by atoms with van der Waals surface area (Å²) in [6, 6.07) is 0. The van der Waals surface area contributed by atoms with E-state index in [9.17, 15) is 0 Å². The predicted octanol–water partition coefficient (Wildman–Crippen LogP) is 1.73. The summed E-state index contributed by atoms with van der Waals surface area (Å²) >= 11 is 1.67. The number of thiazole rings is 1. The Bertz CT molecular complexity index is 382. The summed E-state index contributed by atoms with van der Waals surface area (Å²) in [6.07, 6.45) is 3.14. The zero-order valence-electron chi connectivity index (χ0n) is 7.86. The summed E-state index contributed by atoms with van der Waals surface area (Å²) in [5.41, 5.74) is 1.08. The maximum atomic E-state index is 5.09. The van der Waals surface area contributed by atoms with Crippen LogP contribution in [0.15, 0.2) is 22.4 Å². The Kier molecular flexibility index (Phi) is 2.90. The molecule has 14 heavy (non-hydrogen) atoms. The first kappa shape index (κ1) is 9.36. The van der Waals surface area contributed by atoms with Crippen LogP contribution in [0.2, 0.25) is 0 Å². The van der Waals surface area contributed by atoms with Gasteiger partial charge in [0.2, 0.25) is 0 Å². The maximum absolute atomic E-state index is 5.09. The molecule has 2 heterocycles. The van der Waals surface area contributed by atoms with Gasteiger partial charge in [-0.05, 0) is 6.92 Å². The Hall–Kier alpha value is -1.20. The van der Waals surface area contributed by atoms with Crippen LogP contribution in [0, 0.1) is 6.92 Å². The predicted molar refractivity (Wildman–Crippen MR) is 53.9 cm³/mol. The molecular weight excluding hydrogens is 198 g/mol. The van der Waals surface area contributed by atoms with E-state index in [0.717, 1.165) is 23.0 Å². The lowest BCUT2D eigenvalue weighted by molar-refractivity contribution is 0.478. The molecule has 2 aromatic rings. The summed E-state index contributed by atoms with van der Waals surface area (Å²) in [5.74, 6) is 0.844. The molecule has 0 saturated heterocycles. The highest BCUT2D eigenvalue weighted by Gasteiger charge is 1.99. The summed E-state index contributed by atoms with van der Waals surface area (Å²) in [7, 11) is 0. The van der Waals surface area contributed by atoms with E-state index in [1.807, 2.05) is 6.92 Å². The van der Waals surface area contributed by atoms with Crippen LogP contribution >= 0.6 is 11.3 Å². The van der Waals surface area contributed by atoms with Crippen molar-refractivity contribution >= 4 is 11.3 Å². The second-order valence-corrected chi connectivity index (χ2v) is 3.99. The summed E-state index contributed by atoms with van der Waals surface area (Å²) in [4.78, 5) is 8.17. The van der Waals surface area contributed by atoms with Crippen molar-refractivity contribution in [2.24, 2.45) is 0 Å². The maximum Gasteiger partial charge on any atom is 0.180 e. The lowest BCUT2D eigenvalue weighted by atomic mass is 10.4. The van der Waals surface area contributed by atoms with Crippen LogP contribution in [0.5, 0.6) is 0 Å². The van der Waals surface area contributed by atoms with Crippen molar-refractivity contribution in [1.29, 1.82) is 0 Å². The summed E-state index contributed by atoms with van der Waals surface area (Å²) in [5, 5.41) is 6.38. The molecule has 2 aromatic heterocycles. The number of nitrogens with zero attached hydrogens (tertiary/aromatic N) is 2. The molecule has 0 aliphatic carbocycles. The van der Waals surface area contributed by atoms with Crippen molar-refractivity contribution in [3.05, 3.63) is 34.4 Å². The summed E-state index contributed by atoms with van der Waals surface area (Å²) in [6.45, 7) is 3.46. The van der Waals surface area contributed by atoms with Crippen LogP contribution < -0.4 is 5.32 Å². The number of aryl methyl sites for hydroxylation is 1. The minimum atomic E-state index is 0.691. The molecule has 0 aromatic carbocycles. The lowest BCUT2D eigenvalue weighted by Crippen LogP contribution is -2.12. The van der Waals surface area contributed by atoms with Gasteiger partial charge in [0.1, 0.15) is 5.76 Å². The first-order valence-corrected chi connectivity index (χ1v) is 5.21. The number of nitrogens with one attached hydrogen (secondary N) is 1. The van der Waals surface area contributed by atoms with Gasteiger partial charge >= 0.3 is 0 Å². The highest BCUT2D eigenvalue weighted by molar-refractivity contribution is 7.09. The fourth-order valence-electron chi connectivity index (χ4n) is 1.13. The standard InChI is InChI=1S/C9H11N3OS/c1-7-12-8(5-14-7)2-10-3-9-4-11-6-13-9/h4-6,10H,2-3H2,1H3. The van der Waals surface area contributed by atoms with Crippen molar-refractivity contribution in [3.63, 3.8) is 0 Å². The van der Waals surface area contributed by atoms with Gasteiger partial charge in [0, 0.05) is 11.9 Å². The number of rotatable bonds is 4. The molecule has 74 valence electrons. The average molecular weight is 209 g/mol. The van der Waals surface area contributed by atoms with Gasteiger partial charge in [-0.2, -0.15) is 0 Å². The number of hydrogen-bond acceptors (Lipinski definition) is 5. The second kappa shape index (κ2) is 4.34. The number of aromatic nitrogens is 2. The molecule has 0 radical (unpaired) electrons. The van der Waals surface area contributed by atoms with Crippen LogP contribution in [-0.4, -0.2) is 9.97 Å². The van der Waals surface area contributed by atoms with Crippen molar-refractivity contribution in [2.75, 3.05) is 0 Å². The minimum Gasteiger partial charge on any atom is -0.447 e. The molecule has 0 spiro atoms. The molecule has 0 bridgehead atoms.